The van der Waals surface area contributed by atoms with Gasteiger partial charge in [-0.15, -0.1) is 0 Å². The Hall–Kier alpha value is -2.07. The second kappa shape index (κ2) is 6.20. The zero-order chi connectivity index (χ0) is 13.7. The minimum Gasteiger partial charge on any atom is -0.506 e. The van der Waals surface area contributed by atoms with Gasteiger partial charge in [0.25, 0.3) is 0 Å². The highest BCUT2D eigenvalue weighted by molar-refractivity contribution is 5.35. The van der Waals surface area contributed by atoms with Gasteiger partial charge < -0.3 is 15.2 Å². The fourth-order valence-electron chi connectivity index (χ4n) is 1.91. The van der Waals surface area contributed by atoms with Crippen LogP contribution in [0.1, 0.15) is 24.2 Å². The van der Waals surface area contributed by atoms with E-state index >= 15 is 0 Å². The van der Waals surface area contributed by atoms with Crippen LogP contribution in [0.3, 0.4) is 0 Å². The molecule has 100 valence electrons. The highest BCUT2D eigenvalue weighted by atomic mass is 16.5. The third kappa shape index (κ3) is 3.45. The first-order valence-electron chi connectivity index (χ1n) is 6.21. The fourth-order valence-corrected chi connectivity index (χ4v) is 1.91. The number of aromatic nitrogens is 1. The zero-order valence-corrected chi connectivity index (χ0v) is 11.1. The molecular formula is C15H18N2O2. The lowest BCUT2D eigenvalue weighted by Gasteiger charge is -2.17. The summed E-state index contributed by atoms with van der Waals surface area (Å²) >= 11 is 0. The van der Waals surface area contributed by atoms with E-state index in [2.05, 4.69) is 17.2 Å². The van der Waals surface area contributed by atoms with Crippen molar-refractivity contribution >= 4 is 0 Å². The number of nitrogens with one attached hydrogen (secondary N) is 1. The van der Waals surface area contributed by atoms with E-state index in [4.69, 9.17) is 4.74 Å². The van der Waals surface area contributed by atoms with Crippen molar-refractivity contribution in [1.29, 1.82) is 0 Å². The quantitative estimate of drug-likeness (QED) is 0.865. The van der Waals surface area contributed by atoms with Crippen LogP contribution in [0.5, 0.6) is 11.5 Å². The molecule has 4 heteroatoms. The maximum atomic E-state index is 9.18. The molecule has 0 saturated heterocycles. The van der Waals surface area contributed by atoms with Crippen molar-refractivity contribution in [2.24, 2.45) is 0 Å². The van der Waals surface area contributed by atoms with Crippen LogP contribution in [0.2, 0.25) is 0 Å². The SMILES string of the molecule is COc1ccccc1[C@H](C)NCc1ccc(O)cn1. The van der Waals surface area contributed by atoms with Crippen molar-refractivity contribution < 1.29 is 9.84 Å². The first kappa shape index (κ1) is 13.4. The number of pyridine rings is 1. The maximum absolute atomic E-state index is 9.18. The number of ether oxygens (including phenoxy) is 1. The molecule has 19 heavy (non-hydrogen) atoms. The monoisotopic (exact) mass is 258 g/mol. The molecule has 2 aromatic rings. The summed E-state index contributed by atoms with van der Waals surface area (Å²) in [5.74, 6) is 1.06. The topological polar surface area (TPSA) is 54.4 Å². The molecule has 4 nitrogen and oxygen atoms in total. The predicted octanol–water partition coefficient (Wildman–Crippen LogP) is 2.65. The van der Waals surface area contributed by atoms with Gasteiger partial charge in [-0.2, -0.15) is 0 Å². The van der Waals surface area contributed by atoms with Gasteiger partial charge in [0.2, 0.25) is 0 Å². The number of para-hydroxylation sites is 1. The summed E-state index contributed by atoms with van der Waals surface area (Å²) in [5, 5.41) is 12.6. The molecule has 0 amide bonds. The van der Waals surface area contributed by atoms with E-state index in [9.17, 15) is 5.11 Å². The Morgan fingerprint density at radius 1 is 1.26 bits per heavy atom. The van der Waals surface area contributed by atoms with Crippen LogP contribution in [0.4, 0.5) is 0 Å². The number of hydrogen-bond donors (Lipinski definition) is 2. The number of benzene rings is 1. The summed E-state index contributed by atoms with van der Waals surface area (Å²) in [4.78, 5) is 4.14. The Bertz CT molecular complexity index is 526. The summed E-state index contributed by atoms with van der Waals surface area (Å²) in [6.07, 6.45) is 1.45. The van der Waals surface area contributed by atoms with Gasteiger partial charge in [0.1, 0.15) is 11.5 Å². The number of rotatable bonds is 5. The number of methoxy groups -OCH3 is 1. The van der Waals surface area contributed by atoms with E-state index in [-0.39, 0.29) is 11.8 Å². The molecule has 1 heterocycles. The zero-order valence-electron chi connectivity index (χ0n) is 11.1. The van der Waals surface area contributed by atoms with Gasteiger partial charge in [0.05, 0.1) is 19.0 Å². The lowest BCUT2D eigenvalue weighted by atomic mass is 10.1. The average Bonchev–Trinajstić information content (AvgIpc) is 2.46. The molecule has 0 saturated carbocycles. The van der Waals surface area contributed by atoms with Gasteiger partial charge in [-0.3, -0.25) is 4.98 Å². The first-order chi connectivity index (χ1) is 9.20. The second-order valence-electron chi connectivity index (χ2n) is 4.35. The molecule has 0 unspecified atom stereocenters. The summed E-state index contributed by atoms with van der Waals surface area (Å²) in [6.45, 7) is 2.72. The molecule has 2 rings (SSSR count). The Labute approximate surface area is 113 Å². The smallest absolute Gasteiger partial charge is 0.133 e. The van der Waals surface area contributed by atoms with E-state index < -0.39 is 0 Å². The number of hydrogen-bond acceptors (Lipinski definition) is 4. The highest BCUT2D eigenvalue weighted by Gasteiger charge is 2.10. The van der Waals surface area contributed by atoms with Crippen molar-refractivity contribution in [3.8, 4) is 11.5 Å². The van der Waals surface area contributed by atoms with Crippen LogP contribution in [-0.2, 0) is 6.54 Å². The third-order valence-electron chi connectivity index (χ3n) is 3.00. The molecule has 1 aromatic carbocycles. The predicted molar refractivity (Wildman–Crippen MR) is 74.2 cm³/mol. The second-order valence-corrected chi connectivity index (χ2v) is 4.35. The van der Waals surface area contributed by atoms with Gasteiger partial charge in [-0.25, -0.2) is 0 Å². The van der Waals surface area contributed by atoms with Crippen LogP contribution < -0.4 is 10.1 Å². The third-order valence-corrected chi connectivity index (χ3v) is 3.00. The Morgan fingerprint density at radius 2 is 2.05 bits per heavy atom. The van der Waals surface area contributed by atoms with E-state index in [0.717, 1.165) is 17.0 Å². The molecular weight excluding hydrogens is 240 g/mol. The normalized spacial score (nSPS) is 12.1. The lowest BCUT2D eigenvalue weighted by Crippen LogP contribution is -2.19. The average molecular weight is 258 g/mol. The van der Waals surface area contributed by atoms with Crippen molar-refractivity contribution in [1.82, 2.24) is 10.3 Å². The summed E-state index contributed by atoms with van der Waals surface area (Å²) < 4.78 is 5.35. The van der Waals surface area contributed by atoms with Crippen LogP contribution in [-0.4, -0.2) is 17.2 Å². The van der Waals surface area contributed by atoms with E-state index in [1.807, 2.05) is 24.3 Å². The molecule has 2 N–H and O–H groups in total. The lowest BCUT2D eigenvalue weighted by molar-refractivity contribution is 0.401. The minimum absolute atomic E-state index is 0.159. The van der Waals surface area contributed by atoms with Crippen molar-refractivity contribution in [2.75, 3.05) is 7.11 Å². The molecule has 0 aliphatic rings. The minimum atomic E-state index is 0.159. The molecule has 0 aliphatic carbocycles. The van der Waals surface area contributed by atoms with Gasteiger partial charge in [0.15, 0.2) is 0 Å². The van der Waals surface area contributed by atoms with Gasteiger partial charge in [-0.1, -0.05) is 18.2 Å². The van der Waals surface area contributed by atoms with Crippen molar-refractivity contribution in [3.05, 3.63) is 53.9 Å². The van der Waals surface area contributed by atoms with Crippen LogP contribution in [0.25, 0.3) is 0 Å². The maximum Gasteiger partial charge on any atom is 0.133 e. The van der Waals surface area contributed by atoms with Gasteiger partial charge >= 0.3 is 0 Å². The summed E-state index contributed by atoms with van der Waals surface area (Å²) in [5.41, 5.74) is 2.00. The number of aromatic hydroxyl groups is 1. The van der Waals surface area contributed by atoms with Crippen LogP contribution in [0, 0.1) is 0 Å². The Balaban J connectivity index is 2.01. The number of nitrogens with zero attached hydrogens (tertiary/aromatic N) is 1. The molecule has 0 aliphatic heterocycles. The Morgan fingerprint density at radius 3 is 2.74 bits per heavy atom. The van der Waals surface area contributed by atoms with E-state index in [1.54, 1.807) is 19.2 Å². The Kier molecular flexibility index (Phi) is 4.36. The van der Waals surface area contributed by atoms with E-state index in [0.29, 0.717) is 6.54 Å². The van der Waals surface area contributed by atoms with Crippen molar-refractivity contribution in [2.45, 2.75) is 19.5 Å². The largest absolute Gasteiger partial charge is 0.506 e. The molecule has 0 bridgehead atoms. The fraction of sp³-hybridized carbons (Fsp3) is 0.267. The summed E-state index contributed by atoms with van der Waals surface area (Å²) in [7, 11) is 1.67. The van der Waals surface area contributed by atoms with Gasteiger partial charge in [0, 0.05) is 18.2 Å². The van der Waals surface area contributed by atoms with Crippen LogP contribution in [0.15, 0.2) is 42.6 Å². The summed E-state index contributed by atoms with van der Waals surface area (Å²) in [6, 6.07) is 11.5. The van der Waals surface area contributed by atoms with Gasteiger partial charge in [-0.05, 0) is 25.1 Å². The molecule has 0 radical (unpaired) electrons. The molecule has 0 spiro atoms. The standard InChI is InChI=1S/C15H18N2O2/c1-11(14-5-3-4-6-15(14)19-2)16-9-12-7-8-13(18)10-17-12/h3-8,10-11,16,18H,9H2,1-2H3/t11-/m0/s1. The highest BCUT2D eigenvalue weighted by Crippen LogP contribution is 2.24. The molecule has 0 fully saturated rings. The van der Waals surface area contributed by atoms with Crippen molar-refractivity contribution in [3.63, 3.8) is 0 Å². The molecule has 1 atom stereocenters. The van der Waals surface area contributed by atoms with Crippen LogP contribution >= 0.6 is 0 Å². The molecule has 1 aromatic heterocycles. The van der Waals surface area contributed by atoms with E-state index in [1.165, 1.54) is 6.20 Å². The first-order valence-corrected chi connectivity index (χ1v) is 6.21.